The minimum atomic E-state index is -4.03. The molecule has 2 nitrogen and oxygen atoms in total. The van der Waals surface area contributed by atoms with E-state index in [4.69, 9.17) is 11.5 Å². The van der Waals surface area contributed by atoms with E-state index in [0.29, 0.717) is 12.8 Å². The molecule has 0 unspecified atom stereocenters. The highest BCUT2D eigenvalue weighted by atomic mass is 35.5. The molecule has 2 aliphatic carbocycles. The molecule has 2 rings (SSSR count). The molecule has 0 aromatic carbocycles. The molecule has 4 atom stereocenters. The van der Waals surface area contributed by atoms with E-state index in [1.165, 1.54) is 0 Å². The van der Waals surface area contributed by atoms with Crippen LogP contribution < -0.4 is 11.5 Å². The van der Waals surface area contributed by atoms with E-state index in [9.17, 15) is 26.3 Å². The third kappa shape index (κ3) is 9.53. The van der Waals surface area contributed by atoms with E-state index in [0.717, 1.165) is 12.8 Å². The average Bonchev–Trinajstić information content (AvgIpc) is 2.37. The van der Waals surface area contributed by atoms with Gasteiger partial charge in [0.15, 0.2) is 0 Å². The van der Waals surface area contributed by atoms with Crippen molar-refractivity contribution in [1.82, 2.24) is 0 Å². The Labute approximate surface area is 150 Å². The predicted octanol–water partition coefficient (Wildman–Crippen LogP) is 4.98. The van der Waals surface area contributed by atoms with Crippen molar-refractivity contribution < 1.29 is 26.3 Å². The summed E-state index contributed by atoms with van der Waals surface area (Å²) < 4.78 is 72.4. The Morgan fingerprint density at radius 2 is 0.875 bits per heavy atom. The maximum atomic E-state index is 12.1. The summed E-state index contributed by atoms with van der Waals surface area (Å²) in [5.41, 5.74) is 10.8. The SMILES string of the molecule is Cl.Cl.N[C@@H]1CCC[C@H](C(F)(F)F)C1.N[C@H]1CCC[C@@H](C(F)(F)F)C1. The van der Waals surface area contributed by atoms with E-state index >= 15 is 0 Å². The second kappa shape index (κ2) is 10.9. The molecule has 0 heterocycles. The van der Waals surface area contributed by atoms with Crippen LogP contribution in [0.2, 0.25) is 0 Å². The Hall–Kier alpha value is 0.0800. The normalized spacial score (nSPS) is 31.0. The highest BCUT2D eigenvalue weighted by Crippen LogP contribution is 2.37. The van der Waals surface area contributed by atoms with Crippen LogP contribution in [0.4, 0.5) is 26.3 Å². The smallest absolute Gasteiger partial charge is 0.328 e. The van der Waals surface area contributed by atoms with Crippen molar-refractivity contribution in [3.8, 4) is 0 Å². The fourth-order valence-electron chi connectivity index (χ4n) is 3.05. The maximum Gasteiger partial charge on any atom is 0.391 e. The summed E-state index contributed by atoms with van der Waals surface area (Å²) in [5, 5.41) is 0. The first-order valence-corrected chi connectivity index (χ1v) is 7.64. The van der Waals surface area contributed by atoms with E-state index in [2.05, 4.69) is 0 Å². The third-order valence-corrected chi connectivity index (χ3v) is 4.36. The number of alkyl halides is 6. The molecule has 2 fully saturated rings. The van der Waals surface area contributed by atoms with Crippen molar-refractivity contribution in [2.45, 2.75) is 75.8 Å². The first-order valence-electron chi connectivity index (χ1n) is 7.64. The van der Waals surface area contributed by atoms with Crippen LogP contribution in [0.5, 0.6) is 0 Å². The van der Waals surface area contributed by atoms with Crippen LogP contribution in [0.15, 0.2) is 0 Å². The molecule has 0 spiro atoms. The summed E-state index contributed by atoms with van der Waals surface area (Å²) in [6, 6.07) is -0.481. The largest absolute Gasteiger partial charge is 0.391 e. The van der Waals surface area contributed by atoms with Gasteiger partial charge >= 0.3 is 12.4 Å². The molecule has 0 aliphatic heterocycles. The van der Waals surface area contributed by atoms with Gasteiger partial charge in [-0.15, -0.1) is 24.8 Å². The average molecular weight is 407 g/mol. The van der Waals surface area contributed by atoms with Gasteiger partial charge in [0.05, 0.1) is 11.8 Å². The second-order valence-corrected chi connectivity index (χ2v) is 6.33. The van der Waals surface area contributed by atoms with Crippen molar-refractivity contribution >= 4 is 24.8 Å². The minimum absolute atomic E-state index is 0. The third-order valence-electron chi connectivity index (χ3n) is 4.36. The molecule has 0 aromatic rings. The molecule has 2 aliphatic rings. The van der Waals surface area contributed by atoms with Gasteiger partial charge < -0.3 is 11.5 Å². The van der Waals surface area contributed by atoms with Crippen molar-refractivity contribution in [3.05, 3.63) is 0 Å². The molecular formula is C14H26Cl2F6N2. The lowest BCUT2D eigenvalue weighted by atomic mass is 9.86. The van der Waals surface area contributed by atoms with Crippen molar-refractivity contribution in [1.29, 1.82) is 0 Å². The molecule has 0 aromatic heterocycles. The first kappa shape index (κ1) is 26.3. The maximum absolute atomic E-state index is 12.1. The van der Waals surface area contributed by atoms with Gasteiger partial charge in [-0.2, -0.15) is 26.3 Å². The summed E-state index contributed by atoms with van der Waals surface area (Å²) in [5.74, 6) is -2.29. The van der Waals surface area contributed by atoms with Gasteiger partial charge in [-0.05, 0) is 38.5 Å². The fourth-order valence-corrected chi connectivity index (χ4v) is 3.05. The van der Waals surface area contributed by atoms with Crippen LogP contribution in [-0.4, -0.2) is 24.4 Å². The zero-order valence-electron chi connectivity index (χ0n) is 13.2. The van der Waals surface area contributed by atoms with Crippen molar-refractivity contribution in [2.75, 3.05) is 0 Å². The van der Waals surface area contributed by atoms with Crippen LogP contribution >= 0.6 is 24.8 Å². The lowest BCUT2D eigenvalue weighted by Crippen LogP contribution is -2.35. The zero-order valence-corrected chi connectivity index (χ0v) is 14.8. The van der Waals surface area contributed by atoms with Gasteiger partial charge in [0.1, 0.15) is 0 Å². The number of nitrogens with two attached hydrogens (primary N) is 2. The fraction of sp³-hybridized carbons (Fsp3) is 1.00. The number of hydrogen-bond acceptors (Lipinski definition) is 2. The van der Waals surface area contributed by atoms with Gasteiger partial charge in [0.2, 0.25) is 0 Å². The highest BCUT2D eigenvalue weighted by Gasteiger charge is 2.42. The van der Waals surface area contributed by atoms with Crippen molar-refractivity contribution in [3.63, 3.8) is 0 Å². The molecule has 2 saturated carbocycles. The standard InChI is InChI=1S/2C7H12F3N.2ClH/c2*8-7(9,10)5-2-1-3-6(11)4-5;;/h2*5-6H,1-4,11H2;2*1H/t2*5-,6+;;/m10../s1. The number of rotatable bonds is 0. The zero-order chi connectivity index (χ0) is 17.0. The highest BCUT2D eigenvalue weighted by molar-refractivity contribution is 5.85. The Morgan fingerprint density at radius 3 is 1.04 bits per heavy atom. The van der Waals surface area contributed by atoms with Crippen LogP contribution in [-0.2, 0) is 0 Å². The molecule has 148 valence electrons. The molecule has 0 bridgehead atoms. The minimum Gasteiger partial charge on any atom is -0.328 e. The quantitative estimate of drug-likeness (QED) is 0.557. The monoisotopic (exact) mass is 406 g/mol. The summed E-state index contributed by atoms with van der Waals surface area (Å²) >= 11 is 0. The van der Waals surface area contributed by atoms with E-state index < -0.39 is 24.2 Å². The molecule has 4 N–H and O–H groups in total. The van der Waals surface area contributed by atoms with Gasteiger partial charge in [-0.25, -0.2) is 0 Å². The lowest BCUT2D eigenvalue weighted by Gasteiger charge is -2.28. The van der Waals surface area contributed by atoms with Crippen LogP contribution in [0.25, 0.3) is 0 Å². The Bertz CT molecular complexity index is 306. The Balaban J connectivity index is 0. The summed E-state index contributed by atoms with van der Waals surface area (Å²) in [6.45, 7) is 0. The topological polar surface area (TPSA) is 52.0 Å². The molecule has 0 saturated heterocycles. The van der Waals surface area contributed by atoms with E-state index in [-0.39, 0.29) is 62.6 Å². The second-order valence-electron chi connectivity index (χ2n) is 6.33. The Morgan fingerprint density at radius 1 is 0.583 bits per heavy atom. The number of halogens is 8. The van der Waals surface area contributed by atoms with Gasteiger partial charge in [-0.3, -0.25) is 0 Å². The van der Waals surface area contributed by atoms with Crippen LogP contribution in [0.3, 0.4) is 0 Å². The lowest BCUT2D eigenvalue weighted by molar-refractivity contribution is -0.183. The number of hydrogen-bond donors (Lipinski definition) is 2. The first-order chi connectivity index (χ1) is 10.00. The molecular weight excluding hydrogens is 381 g/mol. The van der Waals surface area contributed by atoms with Crippen LogP contribution in [0, 0.1) is 11.8 Å². The molecule has 0 radical (unpaired) electrons. The van der Waals surface area contributed by atoms with E-state index in [1.807, 2.05) is 0 Å². The molecule has 0 amide bonds. The van der Waals surface area contributed by atoms with E-state index in [1.54, 1.807) is 0 Å². The molecule has 10 heteroatoms. The summed E-state index contributed by atoms with van der Waals surface area (Å²) in [6.07, 6.45) is -4.59. The summed E-state index contributed by atoms with van der Waals surface area (Å²) in [4.78, 5) is 0. The van der Waals surface area contributed by atoms with Gasteiger partial charge in [0, 0.05) is 12.1 Å². The Kier molecular flexibility index (Phi) is 12.0. The summed E-state index contributed by atoms with van der Waals surface area (Å²) in [7, 11) is 0. The van der Waals surface area contributed by atoms with Crippen LogP contribution in [0.1, 0.15) is 51.4 Å². The van der Waals surface area contributed by atoms with Gasteiger partial charge in [0.25, 0.3) is 0 Å². The predicted molar refractivity (Wildman–Crippen MR) is 86.5 cm³/mol. The van der Waals surface area contributed by atoms with Crippen molar-refractivity contribution in [2.24, 2.45) is 23.3 Å². The molecule has 24 heavy (non-hydrogen) atoms. The van der Waals surface area contributed by atoms with Gasteiger partial charge in [-0.1, -0.05) is 12.8 Å².